The highest BCUT2D eigenvalue weighted by molar-refractivity contribution is 14.0. The van der Waals surface area contributed by atoms with Crippen molar-refractivity contribution in [1.29, 1.82) is 0 Å². The molecule has 0 amide bonds. The molecule has 0 aromatic rings. The van der Waals surface area contributed by atoms with Crippen molar-refractivity contribution in [2.24, 2.45) is 10.9 Å². The van der Waals surface area contributed by atoms with E-state index in [-0.39, 0.29) is 24.0 Å². The second-order valence-corrected chi connectivity index (χ2v) is 7.31. The van der Waals surface area contributed by atoms with Crippen molar-refractivity contribution in [3.63, 3.8) is 0 Å². The molecule has 3 rings (SSSR count). The van der Waals surface area contributed by atoms with Crippen molar-refractivity contribution >= 4 is 29.9 Å². The molecule has 0 aliphatic carbocycles. The first-order valence-corrected chi connectivity index (χ1v) is 9.02. The van der Waals surface area contributed by atoms with Gasteiger partial charge < -0.3 is 10.6 Å². The summed E-state index contributed by atoms with van der Waals surface area (Å²) in [7, 11) is 1.87. The van der Waals surface area contributed by atoms with Gasteiger partial charge in [-0.15, -0.1) is 24.0 Å². The number of hydrogen-bond acceptors (Lipinski definition) is 3. The van der Waals surface area contributed by atoms with Gasteiger partial charge in [0.05, 0.1) is 0 Å². The van der Waals surface area contributed by atoms with E-state index >= 15 is 0 Å². The molecule has 2 unspecified atom stereocenters. The normalized spacial score (nSPS) is 28.4. The van der Waals surface area contributed by atoms with E-state index in [4.69, 9.17) is 0 Å². The second-order valence-electron chi connectivity index (χ2n) is 7.31. The van der Waals surface area contributed by atoms with Crippen LogP contribution < -0.4 is 10.6 Å². The Kier molecular flexibility index (Phi) is 9.77. The molecule has 3 aliphatic heterocycles. The van der Waals surface area contributed by atoms with Crippen LogP contribution in [0.2, 0.25) is 0 Å². The number of piperazine rings is 3. The van der Waals surface area contributed by atoms with Gasteiger partial charge in [-0.3, -0.25) is 14.8 Å². The highest BCUT2D eigenvalue weighted by atomic mass is 127. The van der Waals surface area contributed by atoms with Gasteiger partial charge in [0, 0.05) is 58.4 Å². The van der Waals surface area contributed by atoms with Crippen molar-refractivity contribution < 1.29 is 0 Å². The minimum atomic E-state index is 0. The van der Waals surface area contributed by atoms with Crippen LogP contribution in [-0.2, 0) is 0 Å². The number of nitrogens with one attached hydrogen (secondary N) is 2. The minimum Gasteiger partial charge on any atom is -0.355 e. The summed E-state index contributed by atoms with van der Waals surface area (Å²) in [5.41, 5.74) is 0. The zero-order valence-corrected chi connectivity index (χ0v) is 17.7. The average Bonchev–Trinajstić information content (AvgIpc) is 2.52. The summed E-state index contributed by atoms with van der Waals surface area (Å²) >= 11 is 0. The lowest BCUT2D eigenvalue weighted by Gasteiger charge is -2.47. The quantitative estimate of drug-likeness (QED) is 0.363. The van der Waals surface area contributed by atoms with Crippen LogP contribution in [0, 0.1) is 5.92 Å². The molecule has 2 bridgehead atoms. The van der Waals surface area contributed by atoms with Crippen molar-refractivity contribution in [3.8, 4) is 0 Å². The Labute approximate surface area is 159 Å². The SMILES string of the molecule is CN=C(NCC1CN2CCN1CC2)NC(C)CCCC(C)C.I. The number of aliphatic imine (C=N–C) groups is 1. The fraction of sp³-hybridized carbons (Fsp3) is 0.941. The third kappa shape index (κ3) is 7.13. The number of fused-ring (bicyclic) bond motifs is 3. The molecule has 3 fully saturated rings. The molecule has 0 saturated carbocycles. The molecule has 3 saturated heterocycles. The van der Waals surface area contributed by atoms with Crippen molar-refractivity contribution in [3.05, 3.63) is 0 Å². The maximum Gasteiger partial charge on any atom is 0.191 e. The number of hydrogen-bond donors (Lipinski definition) is 2. The van der Waals surface area contributed by atoms with Gasteiger partial charge in [0.15, 0.2) is 5.96 Å². The van der Waals surface area contributed by atoms with Crippen LogP contribution in [0.4, 0.5) is 0 Å². The first kappa shape index (κ1) is 21.0. The van der Waals surface area contributed by atoms with Gasteiger partial charge >= 0.3 is 0 Å². The number of guanidine groups is 1. The molecule has 136 valence electrons. The monoisotopic (exact) mass is 437 g/mol. The molecule has 2 atom stereocenters. The Morgan fingerprint density at radius 2 is 1.83 bits per heavy atom. The lowest BCUT2D eigenvalue weighted by atomic mass is 10.0. The fourth-order valence-corrected chi connectivity index (χ4v) is 3.47. The third-order valence-electron chi connectivity index (χ3n) is 4.92. The maximum atomic E-state index is 4.38. The Morgan fingerprint density at radius 3 is 2.35 bits per heavy atom. The molecular weight excluding hydrogens is 401 g/mol. The van der Waals surface area contributed by atoms with Crippen LogP contribution in [0.25, 0.3) is 0 Å². The Balaban J connectivity index is 0.00000264. The maximum absolute atomic E-state index is 4.38. The predicted octanol–water partition coefficient (Wildman–Crippen LogP) is 1.98. The van der Waals surface area contributed by atoms with E-state index in [2.05, 4.69) is 46.2 Å². The van der Waals surface area contributed by atoms with E-state index in [0.29, 0.717) is 12.1 Å². The molecule has 0 spiro atoms. The number of halogens is 1. The van der Waals surface area contributed by atoms with Crippen LogP contribution in [0.5, 0.6) is 0 Å². The van der Waals surface area contributed by atoms with Gasteiger partial charge in [-0.25, -0.2) is 0 Å². The van der Waals surface area contributed by atoms with Gasteiger partial charge in [0.25, 0.3) is 0 Å². The van der Waals surface area contributed by atoms with E-state index < -0.39 is 0 Å². The Bertz CT molecular complexity index is 353. The van der Waals surface area contributed by atoms with Gasteiger partial charge in [-0.1, -0.05) is 26.7 Å². The van der Waals surface area contributed by atoms with E-state index in [0.717, 1.165) is 18.4 Å². The summed E-state index contributed by atoms with van der Waals surface area (Å²) in [6.07, 6.45) is 3.81. The summed E-state index contributed by atoms with van der Waals surface area (Å²) in [5.74, 6) is 1.75. The highest BCUT2D eigenvalue weighted by Crippen LogP contribution is 2.14. The minimum absolute atomic E-state index is 0. The Morgan fingerprint density at radius 1 is 1.13 bits per heavy atom. The molecule has 0 aromatic carbocycles. The van der Waals surface area contributed by atoms with E-state index in [1.165, 1.54) is 52.0 Å². The van der Waals surface area contributed by atoms with Gasteiger partial charge in [-0.05, 0) is 19.3 Å². The van der Waals surface area contributed by atoms with Gasteiger partial charge in [0.1, 0.15) is 0 Å². The molecular formula is C17H36IN5. The molecule has 5 nitrogen and oxygen atoms in total. The molecule has 23 heavy (non-hydrogen) atoms. The average molecular weight is 437 g/mol. The first-order chi connectivity index (χ1) is 10.6. The lowest BCUT2D eigenvalue weighted by molar-refractivity contribution is 0.0154. The lowest BCUT2D eigenvalue weighted by Crippen LogP contribution is -2.64. The predicted molar refractivity (Wildman–Crippen MR) is 110 cm³/mol. The number of rotatable bonds is 7. The second kappa shape index (κ2) is 10.7. The summed E-state index contributed by atoms with van der Waals surface area (Å²) in [6, 6.07) is 1.12. The fourth-order valence-electron chi connectivity index (χ4n) is 3.47. The molecule has 2 N–H and O–H groups in total. The highest BCUT2D eigenvalue weighted by Gasteiger charge is 2.31. The zero-order chi connectivity index (χ0) is 15.9. The van der Waals surface area contributed by atoms with Gasteiger partial charge in [0.2, 0.25) is 0 Å². The van der Waals surface area contributed by atoms with E-state index in [9.17, 15) is 0 Å². The van der Waals surface area contributed by atoms with Crippen LogP contribution in [0.3, 0.4) is 0 Å². The summed E-state index contributed by atoms with van der Waals surface area (Å²) in [5, 5.41) is 7.06. The van der Waals surface area contributed by atoms with Crippen LogP contribution in [0.15, 0.2) is 4.99 Å². The summed E-state index contributed by atoms with van der Waals surface area (Å²) in [4.78, 5) is 9.58. The molecule has 3 aliphatic rings. The molecule has 6 heteroatoms. The zero-order valence-electron chi connectivity index (χ0n) is 15.3. The smallest absolute Gasteiger partial charge is 0.191 e. The van der Waals surface area contributed by atoms with Crippen LogP contribution in [0.1, 0.15) is 40.0 Å². The topological polar surface area (TPSA) is 42.9 Å². The van der Waals surface area contributed by atoms with Crippen molar-refractivity contribution in [2.75, 3.05) is 46.3 Å². The summed E-state index contributed by atoms with van der Waals surface area (Å²) in [6.45, 7) is 14.0. The third-order valence-corrected chi connectivity index (χ3v) is 4.92. The molecule has 0 aromatic heterocycles. The van der Waals surface area contributed by atoms with Crippen molar-refractivity contribution in [2.45, 2.75) is 52.1 Å². The summed E-state index contributed by atoms with van der Waals surface area (Å²) < 4.78 is 0. The standard InChI is InChI=1S/C17H35N5.HI/c1-14(2)6-5-7-15(3)20-17(18-4)19-12-16-13-21-8-10-22(16)11-9-21;/h14-16H,5-13H2,1-4H3,(H2,18,19,20);1H. The Hall–Kier alpha value is -0.0800. The van der Waals surface area contributed by atoms with E-state index in [1.54, 1.807) is 0 Å². The van der Waals surface area contributed by atoms with Gasteiger partial charge in [-0.2, -0.15) is 0 Å². The van der Waals surface area contributed by atoms with Crippen LogP contribution in [-0.4, -0.2) is 74.2 Å². The largest absolute Gasteiger partial charge is 0.355 e. The molecule has 0 radical (unpaired) electrons. The molecule has 3 heterocycles. The first-order valence-electron chi connectivity index (χ1n) is 9.02. The number of nitrogens with zero attached hydrogens (tertiary/aromatic N) is 3. The van der Waals surface area contributed by atoms with Crippen molar-refractivity contribution in [1.82, 2.24) is 20.4 Å². The van der Waals surface area contributed by atoms with Crippen LogP contribution >= 0.6 is 24.0 Å². The van der Waals surface area contributed by atoms with E-state index in [1.807, 2.05) is 7.05 Å².